The maximum absolute atomic E-state index is 14.3. The van der Waals surface area contributed by atoms with Crippen LogP contribution in [0, 0.1) is 11.9 Å². The number of nitrogens with one attached hydrogen (secondary N) is 1. The minimum Gasteiger partial charge on any atom is -0.480 e. The van der Waals surface area contributed by atoms with Crippen LogP contribution in [0.25, 0.3) is 0 Å². The van der Waals surface area contributed by atoms with E-state index in [-0.39, 0.29) is 43.2 Å². The third-order valence-corrected chi connectivity index (χ3v) is 5.27. The first-order valence-electron chi connectivity index (χ1n) is 9.26. The molecule has 1 aliphatic carbocycles. The van der Waals surface area contributed by atoms with Gasteiger partial charge in [0.25, 0.3) is 5.95 Å². The van der Waals surface area contributed by atoms with Crippen molar-refractivity contribution in [2.24, 2.45) is 11.7 Å². The largest absolute Gasteiger partial charge is 0.480 e. The highest BCUT2D eigenvalue weighted by Crippen LogP contribution is 2.37. The van der Waals surface area contributed by atoms with Crippen molar-refractivity contribution in [1.29, 1.82) is 0 Å². The van der Waals surface area contributed by atoms with Crippen LogP contribution in [-0.2, 0) is 4.79 Å². The normalized spacial score (nSPS) is 18.8. The lowest BCUT2D eigenvalue weighted by Gasteiger charge is -2.31. The van der Waals surface area contributed by atoms with Crippen LogP contribution < -0.4 is 15.8 Å². The van der Waals surface area contributed by atoms with Gasteiger partial charge in [-0.25, -0.2) is 8.78 Å². The molecule has 1 amide bonds. The van der Waals surface area contributed by atoms with E-state index in [1.807, 2.05) is 0 Å². The quantitative estimate of drug-likeness (QED) is 0.755. The highest BCUT2D eigenvalue weighted by Gasteiger charge is 2.38. The van der Waals surface area contributed by atoms with Crippen molar-refractivity contribution in [2.45, 2.75) is 50.6 Å². The number of anilines is 1. The lowest BCUT2D eigenvalue weighted by atomic mass is 9.82. The SMILES string of the molecule is COc1nnccc1C(C)n1cc(NC(=O)[C@@H](N)C2CCC(F)(F)CC2)c(F)n1. The molecule has 1 unspecified atom stereocenters. The summed E-state index contributed by atoms with van der Waals surface area (Å²) < 4.78 is 47.4. The summed E-state index contributed by atoms with van der Waals surface area (Å²) in [7, 11) is 1.44. The van der Waals surface area contributed by atoms with Gasteiger partial charge in [0.2, 0.25) is 17.7 Å². The van der Waals surface area contributed by atoms with Gasteiger partial charge in [-0.2, -0.15) is 9.49 Å². The Bertz CT molecular complexity index is 865. The molecule has 158 valence electrons. The summed E-state index contributed by atoms with van der Waals surface area (Å²) in [6.07, 6.45) is 2.50. The molecule has 0 radical (unpaired) electrons. The van der Waals surface area contributed by atoms with E-state index in [1.54, 1.807) is 13.0 Å². The number of aromatic nitrogens is 4. The number of hydrogen-bond acceptors (Lipinski definition) is 6. The molecule has 0 aliphatic heterocycles. The highest BCUT2D eigenvalue weighted by atomic mass is 19.3. The van der Waals surface area contributed by atoms with Crippen LogP contribution in [0.5, 0.6) is 5.88 Å². The second kappa shape index (κ2) is 8.36. The first-order chi connectivity index (χ1) is 13.7. The third kappa shape index (κ3) is 4.66. The summed E-state index contributed by atoms with van der Waals surface area (Å²) in [6, 6.07) is 0.217. The minimum atomic E-state index is -2.71. The molecule has 0 bridgehead atoms. The van der Waals surface area contributed by atoms with E-state index in [1.165, 1.54) is 24.2 Å². The standard InChI is InChI=1S/C18H23F3N6O2/c1-10(12-5-8-23-25-17(12)29-2)27-9-13(15(19)26-27)24-16(28)14(22)11-3-6-18(20,21)7-4-11/h5,8-11,14H,3-4,6-7,22H2,1-2H3,(H,24,28)/t10?,14-/m0/s1. The van der Waals surface area contributed by atoms with Crippen LogP contribution >= 0.6 is 0 Å². The van der Waals surface area contributed by atoms with Gasteiger partial charge in [0.05, 0.1) is 31.6 Å². The predicted molar refractivity (Wildman–Crippen MR) is 98.1 cm³/mol. The number of nitrogens with two attached hydrogens (primary N) is 1. The Labute approximate surface area is 165 Å². The van der Waals surface area contributed by atoms with Crippen molar-refractivity contribution in [3.63, 3.8) is 0 Å². The smallest absolute Gasteiger partial charge is 0.256 e. The van der Waals surface area contributed by atoms with E-state index in [0.29, 0.717) is 5.56 Å². The highest BCUT2D eigenvalue weighted by molar-refractivity contribution is 5.94. The number of alkyl halides is 2. The number of amides is 1. The van der Waals surface area contributed by atoms with Crippen molar-refractivity contribution in [2.75, 3.05) is 12.4 Å². The van der Waals surface area contributed by atoms with Crippen LogP contribution in [0.4, 0.5) is 18.9 Å². The van der Waals surface area contributed by atoms with E-state index in [2.05, 4.69) is 20.6 Å². The summed E-state index contributed by atoms with van der Waals surface area (Å²) >= 11 is 0. The monoisotopic (exact) mass is 412 g/mol. The molecule has 3 N–H and O–H groups in total. The lowest BCUT2D eigenvalue weighted by Crippen LogP contribution is -2.44. The molecule has 0 spiro atoms. The van der Waals surface area contributed by atoms with Crippen LogP contribution in [0.3, 0.4) is 0 Å². The zero-order valence-electron chi connectivity index (χ0n) is 16.1. The fourth-order valence-corrected chi connectivity index (χ4v) is 3.45. The van der Waals surface area contributed by atoms with E-state index in [4.69, 9.17) is 10.5 Å². The van der Waals surface area contributed by atoms with Gasteiger partial charge in [-0.15, -0.1) is 10.2 Å². The first-order valence-corrected chi connectivity index (χ1v) is 9.26. The van der Waals surface area contributed by atoms with Crippen LogP contribution in [0.15, 0.2) is 18.5 Å². The molecule has 2 aromatic heterocycles. The molecular weight excluding hydrogens is 389 g/mol. The van der Waals surface area contributed by atoms with Gasteiger partial charge in [-0.1, -0.05) is 0 Å². The molecular formula is C18H23F3N6O2. The van der Waals surface area contributed by atoms with Crippen LogP contribution in [0.2, 0.25) is 0 Å². The van der Waals surface area contributed by atoms with Crippen molar-refractivity contribution in [3.05, 3.63) is 30.0 Å². The summed E-state index contributed by atoms with van der Waals surface area (Å²) in [4.78, 5) is 12.4. The molecule has 1 fully saturated rings. The average molecular weight is 412 g/mol. The Hall–Kier alpha value is -2.69. The Balaban J connectivity index is 1.69. The zero-order chi connectivity index (χ0) is 21.2. The summed E-state index contributed by atoms with van der Waals surface area (Å²) in [5, 5.41) is 13.8. The molecule has 2 heterocycles. The third-order valence-electron chi connectivity index (χ3n) is 5.27. The molecule has 3 rings (SSSR count). The van der Waals surface area contributed by atoms with Gasteiger partial charge >= 0.3 is 0 Å². The van der Waals surface area contributed by atoms with Crippen LogP contribution in [-0.4, -0.2) is 45.0 Å². The number of rotatable bonds is 6. The van der Waals surface area contributed by atoms with Crippen molar-refractivity contribution in [1.82, 2.24) is 20.0 Å². The van der Waals surface area contributed by atoms with Crippen molar-refractivity contribution in [3.8, 4) is 5.88 Å². The second-order valence-electron chi connectivity index (χ2n) is 7.19. The number of halogens is 3. The number of carbonyl (C=O) groups is 1. The van der Waals surface area contributed by atoms with E-state index < -0.39 is 29.9 Å². The zero-order valence-corrected chi connectivity index (χ0v) is 16.1. The fraction of sp³-hybridized carbons (Fsp3) is 0.556. The van der Waals surface area contributed by atoms with Gasteiger partial charge < -0.3 is 15.8 Å². The molecule has 2 atom stereocenters. The lowest BCUT2D eigenvalue weighted by molar-refractivity contribution is -0.120. The number of nitrogens with zero attached hydrogens (tertiary/aromatic N) is 4. The number of carbonyl (C=O) groups excluding carboxylic acids is 1. The van der Waals surface area contributed by atoms with Gasteiger partial charge in [0.15, 0.2) is 0 Å². The molecule has 0 saturated heterocycles. The van der Waals surface area contributed by atoms with Crippen LogP contribution in [0.1, 0.15) is 44.2 Å². The number of methoxy groups -OCH3 is 1. The molecule has 2 aromatic rings. The van der Waals surface area contributed by atoms with Gasteiger partial charge in [-0.05, 0) is 31.7 Å². The molecule has 1 aliphatic rings. The Morgan fingerprint density at radius 3 is 2.76 bits per heavy atom. The van der Waals surface area contributed by atoms with Gasteiger partial charge in [-0.3, -0.25) is 9.48 Å². The predicted octanol–water partition coefficient (Wildman–Crippen LogP) is 2.52. The van der Waals surface area contributed by atoms with E-state index in [9.17, 15) is 18.0 Å². The molecule has 0 aromatic carbocycles. The summed E-state index contributed by atoms with van der Waals surface area (Å²) in [5.74, 6) is -4.32. The Kier molecular flexibility index (Phi) is 6.06. The minimum absolute atomic E-state index is 0.139. The molecule has 29 heavy (non-hydrogen) atoms. The maximum Gasteiger partial charge on any atom is 0.256 e. The molecule has 1 saturated carbocycles. The number of ether oxygens (including phenoxy) is 1. The van der Waals surface area contributed by atoms with E-state index in [0.717, 1.165) is 0 Å². The second-order valence-corrected chi connectivity index (χ2v) is 7.19. The van der Waals surface area contributed by atoms with E-state index >= 15 is 0 Å². The average Bonchev–Trinajstić information content (AvgIpc) is 3.07. The molecule has 11 heteroatoms. The topological polar surface area (TPSA) is 108 Å². The Morgan fingerprint density at radius 1 is 1.41 bits per heavy atom. The first kappa shape index (κ1) is 21.0. The van der Waals surface area contributed by atoms with Gasteiger partial charge in [0, 0.05) is 18.4 Å². The molecule has 8 nitrogen and oxygen atoms in total. The maximum atomic E-state index is 14.3. The summed E-state index contributed by atoms with van der Waals surface area (Å²) in [6.45, 7) is 1.76. The Morgan fingerprint density at radius 2 is 2.10 bits per heavy atom. The summed E-state index contributed by atoms with van der Waals surface area (Å²) in [5.41, 5.74) is 6.42. The number of hydrogen-bond donors (Lipinski definition) is 2. The van der Waals surface area contributed by atoms with Crippen molar-refractivity contribution < 1.29 is 22.7 Å². The van der Waals surface area contributed by atoms with Crippen molar-refractivity contribution >= 4 is 11.6 Å². The van der Waals surface area contributed by atoms with Gasteiger partial charge in [0.1, 0.15) is 5.69 Å². The fourth-order valence-electron chi connectivity index (χ4n) is 3.45.